The van der Waals surface area contributed by atoms with Gasteiger partial charge >= 0.3 is 0 Å². The summed E-state index contributed by atoms with van der Waals surface area (Å²) in [6, 6.07) is 1.90. The highest BCUT2D eigenvalue weighted by Gasteiger charge is 2.29. The molecule has 4 heteroatoms. The lowest BCUT2D eigenvalue weighted by molar-refractivity contribution is 0.419. The molecule has 2 rings (SSSR count). The van der Waals surface area contributed by atoms with E-state index in [1.165, 1.54) is 19.3 Å². The van der Waals surface area contributed by atoms with Gasteiger partial charge in [-0.2, -0.15) is 0 Å². The molecule has 0 spiro atoms. The fourth-order valence-electron chi connectivity index (χ4n) is 1.72. The molecule has 1 radical (unpaired) electrons. The highest BCUT2D eigenvalue weighted by atomic mass is 32.2. The summed E-state index contributed by atoms with van der Waals surface area (Å²) in [6.07, 6.45) is 8.41. The van der Waals surface area contributed by atoms with Crippen molar-refractivity contribution >= 4 is 17.0 Å². The first-order chi connectivity index (χ1) is 7.98. The van der Waals surface area contributed by atoms with Crippen molar-refractivity contribution in [3.8, 4) is 0 Å². The zero-order valence-electron chi connectivity index (χ0n) is 10.6. The number of rotatable bonds is 3. The summed E-state index contributed by atoms with van der Waals surface area (Å²) in [5, 5.41) is 0. The summed E-state index contributed by atoms with van der Waals surface area (Å²) < 4.78 is 14.9. The number of nitrogens with one attached hydrogen (secondary N) is 1. The Bertz CT molecular complexity index is 385. The minimum atomic E-state index is -1.09. The van der Waals surface area contributed by atoms with Gasteiger partial charge in [0, 0.05) is 11.8 Å². The minimum Gasteiger partial charge on any atom is -0.593 e. The lowest BCUT2D eigenvalue weighted by Gasteiger charge is -2.29. The van der Waals surface area contributed by atoms with Gasteiger partial charge in [0.2, 0.25) is 0 Å². The second kappa shape index (κ2) is 4.86. The molecule has 1 atom stereocenters. The van der Waals surface area contributed by atoms with Crippen LogP contribution in [0.2, 0.25) is 0 Å². The van der Waals surface area contributed by atoms with Crippen LogP contribution in [-0.2, 0) is 11.4 Å². The average molecular weight is 251 g/mol. The van der Waals surface area contributed by atoms with E-state index in [0.717, 1.165) is 11.3 Å². The molecule has 0 aliphatic heterocycles. The summed E-state index contributed by atoms with van der Waals surface area (Å²) in [7, 11) is 0. The molecule has 1 N–H and O–H groups in total. The number of pyridine rings is 1. The molecule has 1 aliphatic carbocycles. The van der Waals surface area contributed by atoms with E-state index in [2.05, 4.69) is 15.9 Å². The van der Waals surface area contributed by atoms with Gasteiger partial charge in [-0.15, -0.1) is 0 Å². The number of nitrogens with zero attached hydrogens (tertiary/aromatic N) is 1. The second-order valence-corrected chi connectivity index (χ2v) is 7.46. The highest BCUT2D eigenvalue weighted by Crippen LogP contribution is 2.39. The van der Waals surface area contributed by atoms with Crippen molar-refractivity contribution in [1.82, 2.24) is 4.98 Å². The van der Waals surface area contributed by atoms with Crippen molar-refractivity contribution < 1.29 is 4.55 Å². The van der Waals surface area contributed by atoms with Crippen molar-refractivity contribution in [2.24, 2.45) is 0 Å². The normalized spacial score (nSPS) is 18.6. The van der Waals surface area contributed by atoms with Crippen LogP contribution in [0.5, 0.6) is 0 Å². The van der Waals surface area contributed by atoms with E-state index in [0.29, 0.717) is 5.92 Å². The van der Waals surface area contributed by atoms with E-state index in [4.69, 9.17) is 0 Å². The van der Waals surface area contributed by atoms with Gasteiger partial charge in [-0.25, -0.2) is 4.72 Å². The fraction of sp³-hybridized carbons (Fsp3) is 0.615. The maximum atomic E-state index is 12.1. The summed E-state index contributed by atoms with van der Waals surface area (Å²) in [4.78, 5) is 4.05. The van der Waals surface area contributed by atoms with Crippen LogP contribution >= 0.6 is 0 Å². The third-order valence-electron chi connectivity index (χ3n) is 3.06. The minimum absolute atomic E-state index is 0.264. The van der Waals surface area contributed by atoms with Gasteiger partial charge in [-0.3, -0.25) is 4.98 Å². The van der Waals surface area contributed by atoms with E-state index >= 15 is 0 Å². The molecule has 1 aromatic rings. The van der Waals surface area contributed by atoms with Gasteiger partial charge in [0.05, 0.1) is 23.2 Å². The summed E-state index contributed by atoms with van der Waals surface area (Å²) >= 11 is -1.09. The summed E-state index contributed by atoms with van der Waals surface area (Å²) in [5.41, 5.74) is 2.02. The number of anilines is 1. The van der Waals surface area contributed by atoms with E-state index in [1.807, 2.05) is 26.8 Å². The lowest BCUT2D eigenvalue weighted by atomic mass is 9.80. The molecule has 1 aromatic heterocycles. The van der Waals surface area contributed by atoms with Gasteiger partial charge in [-0.1, -0.05) is 6.42 Å². The first-order valence-electron chi connectivity index (χ1n) is 6.03. The molecule has 1 saturated carbocycles. The maximum Gasteiger partial charge on any atom is 0.142 e. The standard InChI is InChI=1S/C13H19N2OS/c1-13(2,3)17(16)15-12-7-8-14-9-11(12)10-5-4-6-10/h7-8,10H,4-6H2,1-3H3,(H,14,15). The number of hydrogen-bond donors (Lipinski definition) is 1. The van der Waals surface area contributed by atoms with Crippen LogP contribution in [0.15, 0.2) is 12.3 Å². The molecule has 0 aromatic carbocycles. The zero-order valence-corrected chi connectivity index (χ0v) is 11.4. The molecule has 1 aliphatic rings. The molecule has 0 bridgehead atoms. The SMILES string of the molecule is CC(C)(C)[S+]([O-])Nc1ccn[c]c1C1CCC1. The topological polar surface area (TPSA) is 48.0 Å². The largest absolute Gasteiger partial charge is 0.593 e. The summed E-state index contributed by atoms with van der Waals surface area (Å²) in [5.74, 6) is 0.545. The third kappa shape index (κ3) is 2.93. The predicted octanol–water partition coefficient (Wildman–Crippen LogP) is 3.02. The number of aromatic nitrogens is 1. The Morgan fingerprint density at radius 1 is 1.47 bits per heavy atom. The molecule has 0 saturated heterocycles. The molecule has 1 unspecified atom stereocenters. The van der Waals surface area contributed by atoms with Crippen LogP contribution in [-0.4, -0.2) is 14.3 Å². The first-order valence-corrected chi connectivity index (χ1v) is 7.18. The van der Waals surface area contributed by atoms with Crippen molar-refractivity contribution in [3.63, 3.8) is 0 Å². The maximum absolute atomic E-state index is 12.1. The third-order valence-corrected chi connectivity index (χ3v) is 4.58. The van der Waals surface area contributed by atoms with Gasteiger partial charge in [0.1, 0.15) is 4.75 Å². The van der Waals surface area contributed by atoms with E-state index in [-0.39, 0.29) is 4.75 Å². The van der Waals surface area contributed by atoms with Gasteiger partial charge in [0.25, 0.3) is 0 Å². The Morgan fingerprint density at radius 3 is 2.71 bits per heavy atom. The van der Waals surface area contributed by atoms with E-state index < -0.39 is 11.4 Å². The average Bonchev–Trinajstić information content (AvgIpc) is 2.16. The Hall–Kier alpha value is -0.740. The molecular formula is C13H19N2OS. The molecule has 93 valence electrons. The molecule has 1 heterocycles. The first kappa shape index (κ1) is 12.7. The van der Waals surface area contributed by atoms with Crippen molar-refractivity contribution in [2.45, 2.75) is 50.7 Å². The highest BCUT2D eigenvalue weighted by molar-refractivity contribution is 7.94. The van der Waals surface area contributed by atoms with Gasteiger partial charge < -0.3 is 4.55 Å². The summed E-state index contributed by atoms with van der Waals surface area (Å²) in [6.45, 7) is 5.89. The predicted molar refractivity (Wildman–Crippen MR) is 71.2 cm³/mol. The molecule has 17 heavy (non-hydrogen) atoms. The van der Waals surface area contributed by atoms with Crippen molar-refractivity contribution in [1.29, 1.82) is 0 Å². The van der Waals surface area contributed by atoms with Crippen molar-refractivity contribution in [2.75, 3.05) is 4.72 Å². The van der Waals surface area contributed by atoms with Crippen LogP contribution < -0.4 is 4.72 Å². The Kier molecular flexibility index (Phi) is 3.64. The van der Waals surface area contributed by atoms with Crippen LogP contribution in [0, 0.1) is 6.20 Å². The Balaban J connectivity index is 2.15. The molecule has 0 amide bonds. The van der Waals surface area contributed by atoms with Gasteiger partial charge in [0.15, 0.2) is 0 Å². The van der Waals surface area contributed by atoms with Crippen LogP contribution in [0.1, 0.15) is 51.5 Å². The quantitative estimate of drug-likeness (QED) is 0.840. The monoisotopic (exact) mass is 251 g/mol. The second-order valence-electron chi connectivity index (χ2n) is 5.49. The van der Waals surface area contributed by atoms with Crippen LogP contribution in [0.4, 0.5) is 5.69 Å². The van der Waals surface area contributed by atoms with Crippen LogP contribution in [0.3, 0.4) is 0 Å². The fourth-order valence-corrected chi connectivity index (χ4v) is 2.40. The smallest absolute Gasteiger partial charge is 0.142 e. The number of hydrogen-bond acceptors (Lipinski definition) is 3. The Labute approximate surface area is 106 Å². The van der Waals surface area contributed by atoms with Gasteiger partial charge in [-0.05, 0) is 45.6 Å². The van der Waals surface area contributed by atoms with Crippen LogP contribution in [0.25, 0.3) is 0 Å². The lowest BCUT2D eigenvalue weighted by Crippen LogP contribution is -2.34. The molecular weight excluding hydrogens is 232 g/mol. The van der Waals surface area contributed by atoms with Crippen molar-refractivity contribution in [3.05, 3.63) is 24.0 Å². The molecule has 3 nitrogen and oxygen atoms in total. The Morgan fingerprint density at radius 2 is 2.18 bits per heavy atom. The van der Waals surface area contributed by atoms with E-state index in [1.54, 1.807) is 6.20 Å². The van der Waals surface area contributed by atoms with E-state index in [9.17, 15) is 4.55 Å². The zero-order chi connectivity index (χ0) is 12.5. The molecule has 1 fully saturated rings.